The van der Waals surface area contributed by atoms with Crippen LogP contribution in [-0.2, 0) is 0 Å². The molecule has 8 aromatic carbocycles. The van der Waals surface area contributed by atoms with Crippen LogP contribution in [0.4, 0.5) is 0 Å². The molecule has 3 aromatic heterocycles. The molecule has 0 amide bonds. The van der Waals surface area contributed by atoms with Crippen LogP contribution < -0.4 is 0 Å². The Hall–Kier alpha value is -8.15. The van der Waals surface area contributed by atoms with Crippen molar-refractivity contribution in [1.82, 2.24) is 24.1 Å². The van der Waals surface area contributed by atoms with Gasteiger partial charge in [-0.05, 0) is 143 Å². The smallest absolute Gasteiger partial charge is 0.166 e. The van der Waals surface area contributed by atoms with Crippen LogP contribution >= 0.6 is 0 Å². The van der Waals surface area contributed by atoms with E-state index in [4.69, 9.17) is 15.0 Å². The summed E-state index contributed by atoms with van der Waals surface area (Å²) in [5.41, 5.74) is 21.4. The molecule has 0 aliphatic heterocycles. The van der Waals surface area contributed by atoms with Crippen molar-refractivity contribution < 1.29 is 0 Å². The molecule has 0 atom stereocenters. The molecule has 0 saturated heterocycles. The van der Waals surface area contributed by atoms with Gasteiger partial charge in [0.1, 0.15) is 0 Å². The predicted octanol–water partition coefficient (Wildman–Crippen LogP) is 16.3. The summed E-state index contributed by atoms with van der Waals surface area (Å²) in [6.07, 6.45) is 8.29. The highest BCUT2D eigenvalue weighted by Gasteiger charge is 2.27. The third kappa shape index (κ3) is 6.80. The van der Waals surface area contributed by atoms with Crippen LogP contribution in [-0.4, -0.2) is 24.1 Å². The molecule has 11 aromatic rings. The molecule has 0 bridgehead atoms. The Morgan fingerprint density at radius 2 is 0.735 bits per heavy atom. The zero-order valence-electron chi connectivity index (χ0n) is 39.4. The lowest BCUT2D eigenvalue weighted by Gasteiger charge is -2.21. The van der Waals surface area contributed by atoms with E-state index in [-0.39, 0.29) is 0 Å². The summed E-state index contributed by atoms with van der Waals surface area (Å²) in [6.45, 7) is 13.1. The molecular formula is C63H51N5. The van der Waals surface area contributed by atoms with Crippen molar-refractivity contribution in [2.75, 3.05) is 0 Å². The molecule has 1 aliphatic rings. The normalized spacial score (nSPS) is 12.8. The van der Waals surface area contributed by atoms with Gasteiger partial charge in [0, 0.05) is 43.8 Å². The van der Waals surface area contributed by atoms with Crippen LogP contribution in [0.15, 0.2) is 176 Å². The van der Waals surface area contributed by atoms with E-state index in [1.165, 1.54) is 66.1 Å². The second-order valence-electron chi connectivity index (χ2n) is 18.8. The Kier molecular flexibility index (Phi) is 9.91. The maximum atomic E-state index is 5.71. The molecule has 0 fully saturated rings. The second-order valence-corrected chi connectivity index (χ2v) is 18.8. The Morgan fingerprint density at radius 3 is 1.12 bits per heavy atom. The van der Waals surface area contributed by atoms with Gasteiger partial charge in [-0.3, -0.25) is 0 Å². The highest BCUT2D eigenvalue weighted by Crippen LogP contribution is 2.45. The standard InChI is InChI=1S/C63H51N5/c1-38-26-30-55-51(34-38)52-35-39(2)27-31-56(52)67(55)59-47(45-20-12-10-16-42(45)5)22-14-24-49(59)62-64-61(44-18-8-7-9-19-44)65-63(66-62)50-25-15-23-48(46-21-13-11-17-43(46)6)60(50)68-57-32-28-40(3)36-53(57)54-37-41(4)29-33-58(54)68/h7-8,10-18,20-37H,9,19H2,1-6H3. The topological polar surface area (TPSA) is 48.5 Å². The van der Waals surface area contributed by atoms with Crippen LogP contribution in [0.25, 0.3) is 106 Å². The summed E-state index contributed by atoms with van der Waals surface area (Å²) in [7, 11) is 0. The summed E-state index contributed by atoms with van der Waals surface area (Å²) in [5, 5.41) is 4.89. The molecule has 328 valence electrons. The molecule has 5 nitrogen and oxygen atoms in total. The second kappa shape index (κ2) is 16.3. The van der Waals surface area contributed by atoms with Gasteiger partial charge in [0.15, 0.2) is 17.5 Å². The first-order chi connectivity index (χ1) is 33.2. The van der Waals surface area contributed by atoms with Crippen molar-refractivity contribution in [2.45, 2.75) is 54.4 Å². The predicted molar refractivity (Wildman–Crippen MR) is 285 cm³/mol. The van der Waals surface area contributed by atoms with Crippen LogP contribution in [0.2, 0.25) is 0 Å². The molecule has 0 spiro atoms. The first-order valence-corrected chi connectivity index (χ1v) is 23.7. The van der Waals surface area contributed by atoms with E-state index >= 15 is 0 Å². The van der Waals surface area contributed by atoms with Gasteiger partial charge in [0.05, 0.1) is 33.4 Å². The first-order valence-electron chi connectivity index (χ1n) is 23.7. The minimum absolute atomic E-state index is 0.626. The summed E-state index contributed by atoms with van der Waals surface area (Å²) in [4.78, 5) is 16.8. The first kappa shape index (κ1) is 41.3. The Labute approximate surface area is 397 Å². The minimum atomic E-state index is 0.626. The number of aryl methyl sites for hydroxylation is 6. The molecule has 3 heterocycles. The van der Waals surface area contributed by atoms with Crippen LogP contribution in [0.1, 0.15) is 52.0 Å². The van der Waals surface area contributed by atoms with Crippen LogP contribution in [0.3, 0.4) is 0 Å². The van der Waals surface area contributed by atoms with Crippen molar-refractivity contribution >= 4 is 49.2 Å². The number of fused-ring (bicyclic) bond motifs is 6. The number of aromatic nitrogens is 5. The molecule has 1 aliphatic carbocycles. The zero-order chi connectivity index (χ0) is 46.2. The quantitative estimate of drug-likeness (QED) is 0.160. The number of para-hydroxylation sites is 2. The van der Waals surface area contributed by atoms with Crippen molar-refractivity contribution in [3.8, 4) is 56.4 Å². The number of rotatable bonds is 7. The monoisotopic (exact) mass is 877 g/mol. The molecule has 5 heteroatoms. The van der Waals surface area contributed by atoms with Gasteiger partial charge in [-0.15, -0.1) is 0 Å². The highest BCUT2D eigenvalue weighted by molar-refractivity contribution is 6.12. The van der Waals surface area contributed by atoms with Gasteiger partial charge in [0.25, 0.3) is 0 Å². The average Bonchev–Trinajstić information content (AvgIpc) is 3.84. The number of allylic oxidation sites excluding steroid dienone is 4. The number of hydrogen-bond donors (Lipinski definition) is 0. The van der Waals surface area contributed by atoms with Crippen molar-refractivity contribution in [2.24, 2.45) is 0 Å². The van der Waals surface area contributed by atoms with E-state index in [0.29, 0.717) is 17.5 Å². The summed E-state index contributed by atoms with van der Waals surface area (Å²) >= 11 is 0. The van der Waals surface area contributed by atoms with Crippen molar-refractivity contribution in [1.29, 1.82) is 0 Å². The van der Waals surface area contributed by atoms with E-state index in [2.05, 4.69) is 227 Å². The largest absolute Gasteiger partial charge is 0.308 e. The summed E-state index contributed by atoms with van der Waals surface area (Å²) < 4.78 is 4.91. The Morgan fingerprint density at radius 1 is 0.368 bits per heavy atom. The van der Waals surface area contributed by atoms with Crippen molar-refractivity contribution in [3.63, 3.8) is 0 Å². The Bertz CT molecular complexity index is 3570. The maximum absolute atomic E-state index is 5.71. The lowest BCUT2D eigenvalue weighted by atomic mass is 9.95. The molecule has 0 radical (unpaired) electrons. The number of nitrogens with zero attached hydrogens (tertiary/aromatic N) is 5. The Balaban J connectivity index is 1.22. The van der Waals surface area contributed by atoms with E-state index in [1.54, 1.807) is 0 Å². The van der Waals surface area contributed by atoms with Gasteiger partial charge < -0.3 is 9.13 Å². The lowest BCUT2D eigenvalue weighted by Crippen LogP contribution is -2.09. The average molecular weight is 878 g/mol. The fourth-order valence-corrected chi connectivity index (χ4v) is 10.6. The van der Waals surface area contributed by atoms with Crippen LogP contribution in [0.5, 0.6) is 0 Å². The van der Waals surface area contributed by atoms with Crippen LogP contribution in [0, 0.1) is 41.5 Å². The number of benzene rings is 8. The highest BCUT2D eigenvalue weighted by atomic mass is 15.1. The lowest BCUT2D eigenvalue weighted by molar-refractivity contribution is 0.974. The van der Waals surface area contributed by atoms with Gasteiger partial charge >= 0.3 is 0 Å². The number of hydrogen-bond acceptors (Lipinski definition) is 3. The molecule has 0 unspecified atom stereocenters. The van der Waals surface area contributed by atoms with Gasteiger partial charge in [-0.1, -0.05) is 138 Å². The third-order valence-electron chi connectivity index (χ3n) is 14.0. The van der Waals surface area contributed by atoms with Gasteiger partial charge in [-0.25, -0.2) is 15.0 Å². The van der Waals surface area contributed by atoms with E-state index in [1.807, 2.05) is 0 Å². The van der Waals surface area contributed by atoms with E-state index in [9.17, 15) is 0 Å². The molecule has 0 N–H and O–H groups in total. The summed E-state index contributed by atoms with van der Waals surface area (Å²) in [6, 6.07) is 58.0. The van der Waals surface area contributed by atoms with E-state index < -0.39 is 0 Å². The third-order valence-corrected chi connectivity index (χ3v) is 14.0. The fraction of sp³-hybridized carbons (Fsp3) is 0.127. The van der Waals surface area contributed by atoms with Gasteiger partial charge in [0.2, 0.25) is 0 Å². The van der Waals surface area contributed by atoms with Gasteiger partial charge in [-0.2, -0.15) is 0 Å². The maximum Gasteiger partial charge on any atom is 0.166 e. The fourth-order valence-electron chi connectivity index (χ4n) is 10.6. The summed E-state index contributed by atoms with van der Waals surface area (Å²) in [5.74, 6) is 1.94. The van der Waals surface area contributed by atoms with E-state index in [0.717, 1.165) is 74.1 Å². The minimum Gasteiger partial charge on any atom is -0.308 e. The molecule has 0 saturated carbocycles. The zero-order valence-corrected chi connectivity index (χ0v) is 39.4. The van der Waals surface area contributed by atoms with Crippen molar-refractivity contribution in [3.05, 3.63) is 215 Å². The molecule has 68 heavy (non-hydrogen) atoms. The molecular weight excluding hydrogens is 827 g/mol. The SMILES string of the molecule is Cc1ccc2c(c1)c1cc(C)ccc1n2-c1c(-c2nc(C3=CC=CCC3)nc(-c3cccc(-c4ccccc4C)c3-n3c4ccc(C)cc4c4cc(C)ccc43)n2)cccc1-c1ccccc1C. The molecule has 12 rings (SSSR count).